The van der Waals surface area contributed by atoms with Crippen LogP contribution in [0.1, 0.15) is 13.8 Å². The van der Waals surface area contributed by atoms with Gasteiger partial charge in [0.05, 0.1) is 0 Å². The minimum Gasteiger partial charge on any atom is -0.274 e. The molecular formula is C6H12N2S. The van der Waals surface area contributed by atoms with Crippen LogP contribution in [0, 0.1) is 5.92 Å². The summed E-state index contributed by atoms with van der Waals surface area (Å²) >= 11 is 1.23. The van der Waals surface area contributed by atoms with Crippen LogP contribution in [-0.4, -0.2) is 6.72 Å². The summed E-state index contributed by atoms with van der Waals surface area (Å²) in [4.78, 5) is 4.68. The van der Waals surface area contributed by atoms with Gasteiger partial charge in [-0.25, -0.2) is 0 Å². The lowest BCUT2D eigenvalue weighted by Crippen LogP contribution is -1.92. The Bertz CT molecular complexity index is 118. The maximum absolute atomic E-state index is 5.32. The van der Waals surface area contributed by atoms with Crippen molar-refractivity contribution in [1.82, 2.24) is 0 Å². The van der Waals surface area contributed by atoms with Crippen molar-refractivity contribution in [3.05, 3.63) is 11.1 Å². The molecule has 0 amide bonds. The second kappa shape index (κ2) is 4.58. The summed E-state index contributed by atoms with van der Waals surface area (Å²) in [7, 11) is 0. The molecule has 0 aromatic heterocycles. The van der Waals surface area contributed by atoms with E-state index in [-0.39, 0.29) is 0 Å². The molecule has 0 aliphatic carbocycles. The summed E-state index contributed by atoms with van der Waals surface area (Å²) < 4.78 is 0. The molecule has 0 heterocycles. The molecule has 3 heteroatoms. The molecule has 2 nitrogen and oxygen atoms in total. The number of aliphatic imine (C=N–C) groups is 1. The second-order valence-electron chi connectivity index (χ2n) is 1.99. The Labute approximate surface area is 60.4 Å². The van der Waals surface area contributed by atoms with Crippen LogP contribution in [-0.2, 0) is 0 Å². The van der Waals surface area contributed by atoms with Crippen LogP contribution in [0.15, 0.2) is 16.1 Å². The highest BCUT2D eigenvalue weighted by molar-refractivity contribution is 8.00. The van der Waals surface area contributed by atoms with Crippen molar-refractivity contribution in [1.29, 1.82) is 0 Å². The zero-order valence-electron chi connectivity index (χ0n) is 5.79. The lowest BCUT2D eigenvalue weighted by Gasteiger charge is -2.03. The number of hydrogen-bond acceptors (Lipinski definition) is 3. The highest BCUT2D eigenvalue weighted by atomic mass is 32.2. The van der Waals surface area contributed by atoms with Crippen molar-refractivity contribution in [2.24, 2.45) is 16.0 Å². The number of rotatable bonds is 3. The molecule has 52 valence electrons. The van der Waals surface area contributed by atoms with Crippen molar-refractivity contribution in [3.63, 3.8) is 0 Å². The van der Waals surface area contributed by atoms with Crippen LogP contribution in [0.25, 0.3) is 0 Å². The van der Waals surface area contributed by atoms with E-state index in [4.69, 9.17) is 5.14 Å². The standard InChI is InChI=1S/C6H12N2S/c1-5(2)6(9-7)4-8-3/h4-5H,3,7H2,1-2H3/b6-4-. The van der Waals surface area contributed by atoms with E-state index in [1.54, 1.807) is 6.20 Å². The maximum Gasteiger partial charge on any atom is 0.0371 e. The van der Waals surface area contributed by atoms with Gasteiger partial charge in [-0.15, -0.1) is 0 Å². The minimum absolute atomic E-state index is 0.450. The highest BCUT2D eigenvalue weighted by Crippen LogP contribution is 2.17. The molecular weight excluding hydrogens is 132 g/mol. The summed E-state index contributed by atoms with van der Waals surface area (Å²) in [5.41, 5.74) is 0. The lowest BCUT2D eigenvalue weighted by atomic mass is 10.2. The molecule has 0 aromatic rings. The number of hydrogen-bond donors (Lipinski definition) is 1. The molecule has 0 aliphatic heterocycles. The molecule has 0 radical (unpaired) electrons. The van der Waals surface area contributed by atoms with Crippen LogP contribution >= 0.6 is 11.9 Å². The fourth-order valence-electron chi connectivity index (χ4n) is 0.406. The SMILES string of the molecule is C=N/C=C(\SN)C(C)C. The molecule has 2 N–H and O–H groups in total. The summed E-state index contributed by atoms with van der Waals surface area (Å²) in [5, 5.41) is 5.32. The Balaban J connectivity index is 3.96. The van der Waals surface area contributed by atoms with E-state index in [1.165, 1.54) is 11.9 Å². The van der Waals surface area contributed by atoms with Gasteiger partial charge in [-0.2, -0.15) is 0 Å². The molecule has 0 saturated heterocycles. The van der Waals surface area contributed by atoms with Gasteiger partial charge in [0.25, 0.3) is 0 Å². The van der Waals surface area contributed by atoms with Crippen LogP contribution in [0.2, 0.25) is 0 Å². The molecule has 0 unspecified atom stereocenters. The van der Waals surface area contributed by atoms with E-state index in [9.17, 15) is 0 Å². The van der Waals surface area contributed by atoms with Gasteiger partial charge in [-0.05, 0) is 12.6 Å². The first-order chi connectivity index (χ1) is 4.22. The first kappa shape index (κ1) is 8.72. The van der Waals surface area contributed by atoms with E-state index in [0.29, 0.717) is 5.92 Å². The van der Waals surface area contributed by atoms with E-state index >= 15 is 0 Å². The normalized spacial score (nSPS) is 12.2. The molecule has 0 bridgehead atoms. The van der Waals surface area contributed by atoms with Gasteiger partial charge in [0.15, 0.2) is 0 Å². The zero-order chi connectivity index (χ0) is 7.28. The van der Waals surface area contributed by atoms with Crippen molar-refractivity contribution >= 4 is 18.7 Å². The lowest BCUT2D eigenvalue weighted by molar-refractivity contribution is 0.814. The van der Waals surface area contributed by atoms with E-state index in [2.05, 4.69) is 25.6 Å². The number of nitrogens with two attached hydrogens (primary N) is 1. The van der Waals surface area contributed by atoms with Gasteiger partial charge in [-0.3, -0.25) is 10.1 Å². The van der Waals surface area contributed by atoms with E-state index in [1.807, 2.05) is 0 Å². The molecule has 0 saturated carbocycles. The summed E-state index contributed by atoms with van der Waals surface area (Å²) in [5.74, 6) is 0.450. The van der Waals surface area contributed by atoms with E-state index < -0.39 is 0 Å². The predicted octanol–water partition coefficient (Wildman–Crippen LogP) is 1.79. The average molecular weight is 144 g/mol. The third kappa shape index (κ3) is 3.32. The minimum atomic E-state index is 0.450. The third-order valence-corrected chi connectivity index (χ3v) is 1.77. The fraction of sp³-hybridized carbons (Fsp3) is 0.500. The zero-order valence-corrected chi connectivity index (χ0v) is 6.61. The largest absolute Gasteiger partial charge is 0.274 e. The molecule has 0 spiro atoms. The Morgan fingerprint density at radius 1 is 1.78 bits per heavy atom. The smallest absolute Gasteiger partial charge is 0.0371 e. The summed E-state index contributed by atoms with van der Waals surface area (Å²) in [6.07, 6.45) is 1.69. The third-order valence-electron chi connectivity index (χ3n) is 0.924. The average Bonchev–Trinajstić information content (AvgIpc) is 1.82. The number of nitrogens with zero attached hydrogens (tertiary/aromatic N) is 1. The van der Waals surface area contributed by atoms with Gasteiger partial charge in [-0.1, -0.05) is 25.8 Å². The number of allylic oxidation sites excluding steroid dienone is 1. The molecule has 0 aromatic carbocycles. The molecule has 0 rings (SSSR count). The molecule has 0 atom stereocenters. The highest BCUT2D eigenvalue weighted by Gasteiger charge is 1.99. The first-order valence-corrected chi connectivity index (χ1v) is 3.63. The van der Waals surface area contributed by atoms with E-state index in [0.717, 1.165) is 4.91 Å². The Kier molecular flexibility index (Phi) is 4.44. The van der Waals surface area contributed by atoms with Gasteiger partial charge in [0.2, 0.25) is 0 Å². The van der Waals surface area contributed by atoms with Crippen LogP contribution in [0.4, 0.5) is 0 Å². The fourth-order valence-corrected chi connectivity index (χ4v) is 0.813. The second-order valence-corrected chi connectivity index (χ2v) is 2.69. The predicted molar refractivity (Wildman–Crippen MR) is 44.2 cm³/mol. The van der Waals surface area contributed by atoms with Crippen molar-refractivity contribution < 1.29 is 0 Å². The Hall–Kier alpha value is -0.280. The van der Waals surface area contributed by atoms with Crippen LogP contribution < -0.4 is 5.14 Å². The van der Waals surface area contributed by atoms with Gasteiger partial charge in [0.1, 0.15) is 0 Å². The topological polar surface area (TPSA) is 38.4 Å². The molecule has 0 fully saturated rings. The maximum atomic E-state index is 5.32. The molecule has 9 heavy (non-hydrogen) atoms. The first-order valence-electron chi connectivity index (χ1n) is 2.75. The van der Waals surface area contributed by atoms with Crippen molar-refractivity contribution in [2.75, 3.05) is 0 Å². The van der Waals surface area contributed by atoms with Crippen molar-refractivity contribution in [2.45, 2.75) is 13.8 Å². The van der Waals surface area contributed by atoms with Gasteiger partial charge >= 0.3 is 0 Å². The van der Waals surface area contributed by atoms with Crippen molar-refractivity contribution in [3.8, 4) is 0 Å². The molecule has 0 aliphatic rings. The van der Waals surface area contributed by atoms with Crippen LogP contribution in [0.3, 0.4) is 0 Å². The van der Waals surface area contributed by atoms with Gasteiger partial charge in [0, 0.05) is 11.1 Å². The summed E-state index contributed by atoms with van der Waals surface area (Å²) in [6, 6.07) is 0. The monoisotopic (exact) mass is 144 g/mol. The summed E-state index contributed by atoms with van der Waals surface area (Å²) in [6.45, 7) is 7.47. The van der Waals surface area contributed by atoms with Gasteiger partial charge < -0.3 is 0 Å². The Morgan fingerprint density at radius 3 is 2.44 bits per heavy atom. The quantitative estimate of drug-likeness (QED) is 0.484. The Morgan fingerprint density at radius 2 is 2.33 bits per heavy atom. The van der Waals surface area contributed by atoms with Crippen LogP contribution in [0.5, 0.6) is 0 Å².